The van der Waals surface area contributed by atoms with Crippen LogP contribution < -0.4 is 0 Å². The Hall–Kier alpha value is -1.90. The number of carbonyl (C=O) groups excluding carboxylic acids is 1. The van der Waals surface area contributed by atoms with Crippen molar-refractivity contribution in [3.05, 3.63) is 29.6 Å². The molecule has 0 aromatic carbocycles. The molecule has 112 valence electrons. The number of rotatable bonds is 1. The van der Waals surface area contributed by atoms with Crippen LogP contribution in [-0.2, 0) is 0 Å². The highest BCUT2D eigenvalue weighted by Crippen LogP contribution is 2.22. The normalized spacial score (nSPS) is 22.1. The van der Waals surface area contributed by atoms with Gasteiger partial charge in [0.2, 0.25) is 0 Å². The third-order valence-electron chi connectivity index (χ3n) is 3.70. The van der Waals surface area contributed by atoms with Crippen LogP contribution in [0, 0.1) is 11.8 Å². The lowest BCUT2D eigenvalue weighted by molar-refractivity contribution is 0.0438. The van der Waals surface area contributed by atoms with Crippen molar-refractivity contribution in [2.75, 3.05) is 19.7 Å². The van der Waals surface area contributed by atoms with Gasteiger partial charge >= 0.3 is 0 Å². The number of aliphatic hydroxyl groups is 2. The van der Waals surface area contributed by atoms with E-state index in [1.807, 2.05) is 6.92 Å². The van der Waals surface area contributed by atoms with Gasteiger partial charge in [-0.25, -0.2) is 0 Å². The van der Waals surface area contributed by atoms with Gasteiger partial charge in [-0.15, -0.1) is 0 Å². The summed E-state index contributed by atoms with van der Waals surface area (Å²) in [5.74, 6) is 5.20. The average molecular weight is 288 g/mol. The maximum Gasteiger partial charge on any atom is 0.255 e. The average Bonchev–Trinajstić information content (AvgIpc) is 2.65. The first-order valence-electron chi connectivity index (χ1n) is 7.09. The van der Waals surface area contributed by atoms with Gasteiger partial charge in [-0.05, 0) is 32.3 Å². The van der Waals surface area contributed by atoms with Crippen LogP contribution in [0.3, 0.4) is 0 Å². The molecule has 0 spiro atoms. The van der Waals surface area contributed by atoms with Gasteiger partial charge in [-0.3, -0.25) is 9.78 Å². The molecule has 1 fully saturated rings. The summed E-state index contributed by atoms with van der Waals surface area (Å²) in [7, 11) is 0. The Morgan fingerprint density at radius 2 is 2.29 bits per heavy atom. The first kappa shape index (κ1) is 15.5. The highest BCUT2D eigenvalue weighted by molar-refractivity contribution is 5.96. The van der Waals surface area contributed by atoms with Gasteiger partial charge in [0, 0.05) is 25.5 Å². The van der Waals surface area contributed by atoms with Gasteiger partial charge in [0.25, 0.3) is 5.91 Å². The van der Waals surface area contributed by atoms with Crippen molar-refractivity contribution < 1.29 is 15.0 Å². The summed E-state index contributed by atoms with van der Waals surface area (Å²) < 4.78 is 0. The second-order valence-corrected chi connectivity index (χ2v) is 5.52. The molecule has 1 aromatic rings. The molecule has 5 heteroatoms. The molecule has 0 radical (unpaired) electrons. The van der Waals surface area contributed by atoms with Crippen LogP contribution in [0.4, 0.5) is 0 Å². The monoisotopic (exact) mass is 288 g/mol. The number of hydrogen-bond acceptors (Lipinski definition) is 4. The molecule has 5 nitrogen and oxygen atoms in total. The number of carbonyl (C=O) groups is 1. The Bertz CT molecular complexity index is 572. The van der Waals surface area contributed by atoms with E-state index in [-0.39, 0.29) is 12.5 Å². The van der Waals surface area contributed by atoms with Gasteiger partial charge < -0.3 is 15.1 Å². The molecule has 1 atom stereocenters. The molecule has 1 aliphatic heterocycles. The highest BCUT2D eigenvalue weighted by atomic mass is 16.3. The third-order valence-corrected chi connectivity index (χ3v) is 3.70. The van der Waals surface area contributed by atoms with Crippen molar-refractivity contribution in [3.63, 3.8) is 0 Å². The number of nitrogens with zero attached hydrogens (tertiary/aromatic N) is 2. The highest BCUT2D eigenvalue weighted by Gasteiger charge is 2.28. The summed E-state index contributed by atoms with van der Waals surface area (Å²) in [6, 6.07) is 1.65. The van der Waals surface area contributed by atoms with Crippen LogP contribution in [0.5, 0.6) is 0 Å². The summed E-state index contributed by atoms with van der Waals surface area (Å²) >= 11 is 0. The summed E-state index contributed by atoms with van der Waals surface area (Å²) in [6.45, 7) is 2.71. The molecule has 21 heavy (non-hydrogen) atoms. The van der Waals surface area contributed by atoms with Crippen LogP contribution in [0.15, 0.2) is 18.5 Å². The number of amides is 1. The second kappa shape index (κ2) is 6.70. The molecule has 1 amide bonds. The molecule has 0 saturated carbocycles. The largest absolute Gasteiger partial charge is 0.390 e. The Morgan fingerprint density at radius 1 is 1.48 bits per heavy atom. The predicted molar refractivity (Wildman–Crippen MR) is 78.6 cm³/mol. The van der Waals surface area contributed by atoms with E-state index in [2.05, 4.69) is 16.8 Å². The number of hydrogen-bond donors (Lipinski definition) is 2. The van der Waals surface area contributed by atoms with Crippen molar-refractivity contribution in [2.24, 2.45) is 0 Å². The van der Waals surface area contributed by atoms with Crippen molar-refractivity contribution in [1.82, 2.24) is 9.88 Å². The zero-order valence-electron chi connectivity index (χ0n) is 12.2. The fraction of sp³-hybridized carbons (Fsp3) is 0.500. The van der Waals surface area contributed by atoms with Crippen molar-refractivity contribution >= 4 is 5.91 Å². The Balaban J connectivity index is 2.20. The van der Waals surface area contributed by atoms with E-state index in [1.165, 1.54) is 6.20 Å². The molecule has 1 aromatic heterocycles. The maximum absolute atomic E-state index is 12.6. The van der Waals surface area contributed by atoms with Crippen LogP contribution in [-0.4, -0.2) is 51.3 Å². The molecule has 0 aliphatic carbocycles. The van der Waals surface area contributed by atoms with Gasteiger partial charge in [0.1, 0.15) is 6.61 Å². The maximum atomic E-state index is 12.6. The van der Waals surface area contributed by atoms with E-state index in [0.29, 0.717) is 37.1 Å². The second-order valence-electron chi connectivity index (χ2n) is 5.52. The van der Waals surface area contributed by atoms with Gasteiger partial charge in [0.05, 0.1) is 16.7 Å². The zero-order valence-corrected chi connectivity index (χ0v) is 12.2. The molecule has 0 bridgehead atoms. The molecule has 1 aliphatic rings. The number of aliphatic hydroxyl groups excluding tert-OH is 1. The zero-order chi connectivity index (χ0) is 15.3. The summed E-state index contributed by atoms with van der Waals surface area (Å²) in [4.78, 5) is 18.4. The summed E-state index contributed by atoms with van der Waals surface area (Å²) in [6.07, 6.45) is 5.14. The van der Waals surface area contributed by atoms with Crippen LogP contribution in [0.25, 0.3) is 0 Å². The van der Waals surface area contributed by atoms with E-state index >= 15 is 0 Å². The van der Waals surface area contributed by atoms with E-state index < -0.39 is 5.60 Å². The molecule has 1 saturated heterocycles. The van der Waals surface area contributed by atoms with Crippen molar-refractivity contribution in [2.45, 2.75) is 31.8 Å². The number of aromatic nitrogens is 1. The van der Waals surface area contributed by atoms with Crippen molar-refractivity contribution in [1.29, 1.82) is 0 Å². The SMILES string of the molecule is CC1(O)CCCN(C(=O)c2ccncc2C#CCO)CC1. The fourth-order valence-corrected chi connectivity index (χ4v) is 2.45. The minimum Gasteiger partial charge on any atom is -0.390 e. The third kappa shape index (κ3) is 4.03. The summed E-state index contributed by atoms with van der Waals surface area (Å²) in [5, 5.41) is 18.9. The molecule has 2 heterocycles. The first-order valence-corrected chi connectivity index (χ1v) is 7.09. The van der Waals surface area contributed by atoms with E-state index in [9.17, 15) is 9.90 Å². The van der Waals surface area contributed by atoms with Crippen LogP contribution >= 0.6 is 0 Å². The lowest BCUT2D eigenvalue weighted by Gasteiger charge is -2.23. The minimum atomic E-state index is -0.702. The van der Waals surface area contributed by atoms with E-state index in [1.54, 1.807) is 17.2 Å². The summed E-state index contributed by atoms with van der Waals surface area (Å²) in [5.41, 5.74) is 0.312. The van der Waals surface area contributed by atoms with Gasteiger partial charge in [-0.2, -0.15) is 0 Å². The van der Waals surface area contributed by atoms with Gasteiger partial charge in [0.15, 0.2) is 0 Å². The fourth-order valence-electron chi connectivity index (χ4n) is 2.45. The topological polar surface area (TPSA) is 73.7 Å². The Kier molecular flexibility index (Phi) is 4.94. The van der Waals surface area contributed by atoms with Crippen LogP contribution in [0.1, 0.15) is 42.1 Å². The van der Waals surface area contributed by atoms with Crippen LogP contribution in [0.2, 0.25) is 0 Å². The molecule has 2 N–H and O–H groups in total. The number of pyridine rings is 1. The lowest BCUT2D eigenvalue weighted by atomic mass is 9.98. The van der Waals surface area contributed by atoms with E-state index in [0.717, 1.165) is 6.42 Å². The predicted octanol–water partition coefficient (Wildman–Crippen LogP) is 0.802. The first-order chi connectivity index (χ1) is 10.0. The van der Waals surface area contributed by atoms with E-state index in [4.69, 9.17) is 5.11 Å². The molecule has 2 rings (SSSR count). The smallest absolute Gasteiger partial charge is 0.255 e. The number of likely N-dealkylation sites (tertiary alicyclic amines) is 1. The molecular formula is C16H20N2O3. The quantitative estimate of drug-likeness (QED) is 0.750. The molecular weight excluding hydrogens is 268 g/mol. The standard InChI is InChI=1S/C16H20N2O3/c1-16(21)6-3-9-18(10-7-16)15(20)14-5-8-17-12-13(14)4-2-11-19/h5,8,12,19,21H,3,6-7,9-11H2,1H3. The minimum absolute atomic E-state index is 0.0997. The molecule has 1 unspecified atom stereocenters. The van der Waals surface area contributed by atoms with Crippen molar-refractivity contribution in [3.8, 4) is 11.8 Å². The Morgan fingerprint density at radius 3 is 3.05 bits per heavy atom. The Labute approximate surface area is 124 Å². The lowest BCUT2D eigenvalue weighted by Crippen LogP contribution is -2.34. The van der Waals surface area contributed by atoms with Gasteiger partial charge in [-0.1, -0.05) is 11.8 Å².